The van der Waals surface area contributed by atoms with Gasteiger partial charge in [0.05, 0.1) is 6.61 Å². The Morgan fingerprint density at radius 2 is 2.36 bits per heavy atom. The van der Waals surface area contributed by atoms with Crippen molar-refractivity contribution in [1.82, 2.24) is 4.90 Å². The minimum atomic E-state index is -0.373. The van der Waals surface area contributed by atoms with Crippen molar-refractivity contribution in [2.75, 3.05) is 26.7 Å². The first-order valence-corrected chi connectivity index (χ1v) is 4.28. The number of rotatable bonds is 2. The molecule has 1 aliphatic heterocycles. The summed E-state index contributed by atoms with van der Waals surface area (Å²) in [4.78, 5) is 2.22. The Morgan fingerprint density at radius 3 is 2.91 bits per heavy atom. The molecular weight excluding hydrogens is 140 g/mol. The Labute approximate surface area is 68.5 Å². The number of nitrogens with zero attached hydrogens (tertiary/aromatic N) is 1. The van der Waals surface area contributed by atoms with Gasteiger partial charge in [-0.05, 0) is 13.5 Å². The molecule has 0 bridgehead atoms. The molecule has 1 fully saturated rings. The highest BCUT2D eigenvalue weighted by atomic mass is 16.5. The molecule has 1 aliphatic rings. The molecule has 3 nitrogen and oxygen atoms in total. The summed E-state index contributed by atoms with van der Waals surface area (Å²) in [5.74, 6) is 0. The molecule has 0 aromatic heterocycles. The van der Waals surface area contributed by atoms with Gasteiger partial charge in [0.2, 0.25) is 0 Å². The van der Waals surface area contributed by atoms with E-state index in [9.17, 15) is 0 Å². The van der Waals surface area contributed by atoms with Crippen molar-refractivity contribution in [1.29, 1.82) is 0 Å². The largest absolute Gasteiger partial charge is 0.358 e. The molecule has 0 aromatic carbocycles. The van der Waals surface area contributed by atoms with Crippen LogP contribution >= 0.6 is 0 Å². The third-order valence-electron chi connectivity index (χ3n) is 2.07. The van der Waals surface area contributed by atoms with Gasteiger partial charge in [-0.1, -0.05) is 13.3 Å². The fourth-order valence-electron chi connectivity index (χ4n) is 1.56. The maximum atomic E-state index is 6.00. The highest BCUT2D eigenvalue weighted by molar-refractivity contribution is 4.80. The highest BCUT2D eigenvalue weighted by Crippen LogP contribution is 2.16. The van der Waals surface area contributed by atoms with Gasteiger partial charge < -0.3 is 10.5 Å². The van der Waals surface area contributed by atoms with Crippen LogP contribution in [-0.4, -0.2) is 37.4 Å². The maximum Gasteiger partial charge on any atom is 0.129 e. The van der Waals surface area contributed by atoms with Gasteiger partial charge in [-0.3, -0.25) is 4.90 Å². The summed E-state index contributed by atoms with van der Waals surface area (Å²) >= 11 is 0. The Balaban J connectivity index is 2.41. The normalized spacial score (nSPS) is 34.1. The van der Waals surface area contributed by atoms with Crippen LogP contribution in [0.25, 0.3) is 0 Å². The van der Waals surface area contributed by atoms with E-state index in [0.717, 1.165) is 32.5 Å². The SMILES string of the molecule is CCCC1(N)CN(C)CCO1. The molecular formula is C8H18N2O. The molecule has 66 valence electrons. The van der Waals surface area contributed by atoms with Gasteiger partial charge in [-0.15, -0.1) is 0 Å². The van der Waals surface area contributed by atoms with Gasteiger partial charge in [0, 0.05) is 13.1 Å². The summed E-state index contributed by atoms with van der Waals surface area (Å²) in [5, 5.41) is 0. The van der Waals surface area contributed by atoms with E-state index in [1.807, 2.05) is 0 Å². The van der Waals surface area contributed by atoms with Crippen molar-refractivity contribution in [2.24, 2.45) is 5.73 Å². The zero-order valence-electron chi connectivity index (χ0n) is 7.47. The van der Waals surface area contributed by atoms with Crippen molar-refractivity contribution in [3.63, 3.8) is 0 Å². The lowest BCUT2D eigenvalue weighted by molar-refractivity contribution is -0.104. The van der Waals surface area contributed by atoms with E-state index >= 15 is 0 Å². The van der Waals surface area contributed by atoms with Crippen molar-refractivity contribution in [2.45, 2.75) is 25.5 Å². The molecule has 0 aliphatic carbocycles. The third kappa shape index (κ3) is 2.43. The van der Waals surface area contributed by atoms with Gasteiger partial charge in [0.1, 0.15) is 5.72 Å². The number of likely N-dealkylation sites (N-methyl/N-ethyl adjacent to an activating group) is 1. The average molecular weight is 158 g/mol. The van der Waals surface area contributed by atoms with Crippen LogP contribution < -0.4 is 5.73 Å². The standard InChI is InChI=1S/C8H18N2O/c1-3-4-8(9)7-10(2)5-6-11-8/h3-7,9H2,1-2H3. The van der Waals surface area contributed by atoms with Crippen LogP contribution in [-0.2, 0) is 4.74 Å². The molecule has 1 atom stereocenters. The Bertz CT molecular complexity index is 125. The summed E-state index contributed by atoms with van der Waals surface area (Å²) in [6.07, 6.45) is 2.04. The van der Waals surface area contributed by atoms with Crippen molar-refractivity contribution >= 4 is 0 Å². The Kier molecular flexibility index (Phi) is 2.87. The fourth-order valence-corrected chi connectivity index (χ4v) is 1.56. The Hall–Kier alpha value is -0.120. The molecule has 0 radical (unpaired) electrons. The van der Waals surface area contributed by atoms with Crippen molar-refractivity contribution < 1.29 is 4.74 Å². The van der Waals surface area contributed by atoms with Crippen LogP contribution in [0.3, 0.4) is 0 Å². The zero-order valence-corrected chi connectivity index (χ0v) is 7.47. The second kappa shape index (κ2) is 3.52. The molecule has 0 amide bonds. The van der Waals surface area contributed by atoms with Crippen LogP contribution in [0.1, 0.15) is 19.8 Å². The molecule has 0 aromatic rings. The van der Waals surface area contributed by atoms with E-state index in [2.05, 4.69) is 18.9 Å². The summed E-state index contributed by atoms with van der Waals surface area (Å²) in [5.41, 5.74) is 5.62. The first-order valence-electron chi connectivity index (χ1n) is 4.28. The molecule has 1 saturated heterocycles. The molecule has 11 heavy (non-hydrogen) atoms. The molecule has 0 saturated carbocycles. The van der Waals surface area contributed by atoms with E-state index in [1.54, 1.807) is 0 Å². The van der Waals surface area contributed by atoms with Gasteiger partial charge in [-0.25, -0.2) is 0 Å². The fraction of sp³-hybridized carbons (Fsp3) is 1.00. The topological polar surface area (TPSA) is 38.5 Å². The third-order valence-corrected chi connectivity index (χ3v) is 2.07. The number of hydrogen-bond donors (Lipinski definition) is 1. The molecule has 1 heterocycles. The lowest BCUT2D eigenvalue weighted by Gasteiger charge is -2.38. The minimum absolute atomic E-state index is 0.373. The van der Waals surface area contributed by atoms with E-state index in [-0.39, 0.29) is 5.72 Å². The van der Waals surface area contributed by atoms with Gasteiger partial charge in [0.25, 0.3) is 0 Å². The average Bonchev–Trinajstić information content (AvgIpc) is 1.86. The monoisotopic (exact) mass is 158 g/mol. The first-order chi connectivity index (χ1) is 5.16. The Morgan fingerprint density at radius 1 is 1.64 bits per heavy atom. The summed E-state index contributed by atoms with van der Waals surface area (Å²) < 4.78 is 5.51. The number of morpholine rings is 1. The molecule has 2 N–H and O–H groups in total. The lowest BCUT2D eigenvalue weighted by Crippen LogP contribution is -2.56. The van der Waals surface area contributed by atoms with Crippen LogP contribution in [0.2, 0.25) is 0 Å². The number of ether oxygens (including phenoxy) is 1. The van der Waals surface area contributed by atoms with Crippen LogP contribution in [0.4, 0.5) is 0 Å². The predicted molar refractivity (Wildman–Crippen MR) is 45.3 cm³/mol. The van der Waals surface area contributed by atoms with E-state index in [1.165, 1.54) is 0 Å². The van der Waals surface area contributed by atoms with E-state index in [4.69, 9.17) is 10.5 Å². The molecule has 0 spiro atoms. The highest BCUT2D eigenvalue weighted by Gasteiger charge is 2.29. The van der Waals surface area contributed by atoms with Gasteiger partial charge in [-0.2, -0.15) is 0 Å². The molecule has 1 unspecified atom stereocenters. The molecule has 3 heteroatoms. The van der Waals surface area contributed by atoms with E-state index < -0.39 is 0 Å². The number of hydrogen-bond acceptors (Lipinski definition) is 3. The minimum Gasteiger partial charge on any atom is -0.358 e. The quantitative estimate of drug-likeness (QED) is 0.632. The first kappa shape index (κ1) is 8.97. The van der Waals surface area contributed by atoms with Gasteiger partial charge >= 0.3 is 0 Å². The molecule has 1 rings (SSSR count). The van der Waals surface area contributed by atoms with Crippen LogP contribution in [0, 0.1) is 0 Å². The van der Waals surface area contributed by atoms with Crippen LogP contribution in [0.5, 0.6) is 0 Å². The van der Waals surface area contributed by atoms with Gasteiger partial charge in [0.15, 0.2) is 0 Å². The van der Waals surface area contributed by atoms with E-state index in [0.29, 0.717) is 0 Å². The van der Waals surface area contributed by atoms with Crippen LogP contribution in [0.15, 0.2) is 0 Å². The summed E-state index contributed by atoms with van der Waals surface area (Å²) in [6, 6.07) is 0. The van der Waals surface area contributed by atoms with Crippen molar-refractivity contribution in [3.05, 3.63) is 0 Å². The number of nitrogens with two attached hydrogens (primary N) is 1. The summed E-state index contributed by atoms with van der Waals surface area (Å²) in [6.45, 7) is 4.77. The second-order valence-corrected chi connectivity index (χ2v) is 3.40. The lowest BCUT2D eigenvalue weighted by atomic mass is 10.1. The second-order valence-electron chi connectivity index (χ2n) is 3.40. The van der Waals surface area contributed by atoms with Crippen molar-refractivity contribution in [3.8, 4) is 0 Å². The predicted octanol–water partition coefficient (Wildman–Crippen LogP) is 0.403. The summed E-state index contributed by atoms with van der Waals surface area (Å²) in [7, 11) is 2.08. The smallest absolute Gasteiger partial charge is 0.129 e. The zero-order chi connectivity index (χ0) is 8.32. The maximum absolute atomic E-state index is 6.00.